The Kier molecular flexibility index (Phi) is 7.20. The van der Waals surface area contributed by atoms with Gasteiger partial charge < -0.3 is 16.4 Å². The summed E-state index contributed by atoms with van der Waals surface area (Å²) in [6.45, 7) is 3.02. The Labute approximate surface area is 163 Å². The van der Waals surface area contributed by atoms with E-state index in [2.05, 4.69) is 17.6 Å². The monoisotopic (exact) mass is 393 g/mol. The number of para-hydroxylation sites is 1. The fourth-order valence-electron chi connectivity index (χ4n) is 3.13. The quantitative estimate of drug-likeness (QED) is 0.729. The highest BCUT2D eigenvalue weighted by Crippen LogP contribution is 2.33. The van der Waals surface area contributed by atoms with Gasteiger partial charge in [-0.2, -0.15) is 0 Å². The van der Waals surface area contributed by atoms with Crippen LogP contribution in [0.1, 0.15) is 44.5 Å². The molecule has 26 heavy (non-hydrogen) atoms. The van der Waals surface area contributed by atoms with Crippen molar-refractivity contribution in [1.82, 2.24) is 5.32 Å². The van der Waals surface area contributed by atoms with Crippen LogP contribution in [-0.2, 0) is 12.8 Å². The van der Waals surface area contributed by atoms with Crippen molar-refractivity contribution in [2.24, 2.45) is 11.7 Å². The molecule has 7 heteroatoms. The third kappa shape index (κ3) is 4.44. The van der Waals surface area contributed by atoms with Gasteiger partial charge in [-0.15, -0.1) is 23.7 Å². The summed E-state index contributed by atoms with van der Waals surface area (Å²) in [5.41, 5.74) is 8.31. The van der Waals surface area contributed by atoms with Crippen molar-refractivity contribution in [2.75, 3.05) is 18.4 Å². The maximum atomic E-state index is 12.8. The lowest BCUT2D eigenvalue weighted by atomic mass is 9.88. The van der Waals surface area contributed by atoms with E-state index < -0.39 is 0 Å². The number of anilines is 1. The number of nitrogens with two attached hydrogens (primary N) is 1. The topological polar surface area (TPSA) is 84.2 Å². The molecule has 4 N–H and O–H groups in total. The summed E-state index contributed by atoms with van der Waals surface area (Å²) in [7, 11) is 0. The average Bonchev–Trinajstić information content (AvgIpc) is 3.03. The molecule has 1 atom stereocenters. The number of rotatable bonds is 5. The molecule has 1 aliphatic rings. The molecule has 1 aliphatic carbocycles. The van der Waals surface area contributed by atoms with Crippen LogP contribution in [0.4, 0.5) is 5.69 Å². The minimum atomic E-state index is -0.234. The van der Waals surface area contributed by atoms with Gasteiger partial charge in [0.25, 0.3) is 11.8 Å². The minimum Gasteiger partial charge on any atom is -0.351 e. The summed E-state index contributed by atoms with van der Waals surface area (Å²) < 4.78 is 0. The molecule has 1 aromatic heterocycles. The average molecular weight is 394 g/mol. The highest BCUT2D eigenvalue weighted by molar-refractivity contribution is 7.10. The smallest absolute Gasteiger partial charge is 0.256 e. The van der Waals surface area contributed by atoms with E-state index in [-0.39, 0.29) is 24.2 Å². The Balaban J connectivity index is 0.00000243. The van der Waals surface area contributed by atoms with Crippen LogP contribution >= 0.6 is 23.7 Å². The minimum absolute atomic E-state index is 0. The third-order valence-corrected chi connectivity index (χ3v) is 5.55. The van der Waals surface area contributed by atoms with Gasteiger partial charge in [0.15, 0.2) is 0 Å². The molecule has 0 fully saturated rings. The van der Waals surface area contributed by atoms with Gasteiger partial charge in [-0.3, -0.25) is 9.59 Å². The predicted octanol–water partition coefficient (Wildman–Crippen LogP) is 3.24. The van der Waals surface area contributed by atoms with Crippen molar-refractivity contribution in [1.29, 1.82) is 0 Å². The van der Waals surface area contributed by atoms with Gasteiger partial charge in [0.05, 0.1) is 16.8 Å². The Morgan fingerprint density at radius 3 is 2.77 bits per heavy atom. The van der Waals surface area contributed by atoms with Crippen LogP contribution in [0.5, 0.6) is 0 Å². The van der Waals surface area contributed by atoms with Crippen LogP contribution in [0.3, 0.4) is 0 Å². The number of fused-ring (bicyclic) bond motifs is 1. The van der Waals surface area contributed by atoms with Crippen molar-refractivity contribution >= 4 is 41.2 Å². The van der Waals surface area contributed by atoms with Gasteiger partial charge in [-0.25, -0.2) is 0 Å². The first-order valence-corrected chi connectivity index (χ1v) is 9.46. The van der Waals surface area contributed by atoms with Crippen LogP contribution < -0.4 is 16.4 Å². The zero-order valence-electron chi connectivity index (χ0n) is 14.7. The lowest BCUT2D eigenvalue weighted by Crippen LogP contribution is -2.30. The highest BCUT2D eigenvalue weighted by Gasteiger charge is 2.24. The van der Waals surface area contributed by atoms with Crippen molar-refractivity contribution < 1.29 is 9.59 Å². The zero-order valence-corrected chi connectivity index (χ0v) is 16.3. The molecule has 0 spiro atoms. The molecule has 0 radical (unpaired) electrons. The summed E-state index contributed by atoms with van der Waals surface area (Å²) in [6.07, 6.45) is 3.11. The van der Waals surface area contributed by atoms with Crippen molar-refractivity contribution in [2.45, 2.75) is 26.2 Å². The van der Waals surface area contributed by atoms with Crippen molar-refractivity contribution in [3.8, 4) is 0 Å². The Morgan fingerprint density at radius 2 is 2.00 bits per heavy atom. The second-order valence-electron chi connectivity index (χ2n) is 6.44. The normalized spacial score (nSPS) is 15.5. The molecule has 3 rings (SSSR count). The number of benzene rings is 1. The molecule has 1 aromatic carbocycles. The Hall–Kier alpha value is -1.89. The molecule has 0 aliphatic heterocycles. The van der Waals surface area contributed by atoms with Crippen LogP contribution in [0.15, 0.2) is 29.6 Å². The predicted molar refractivity (Wildman–Crippen MR) is 109 cm³/mol. The van der Waals surface area contributed by atoms with Crippen LogP contribution in [-0.4, -0.2) is 24.9 Å². The maximum Gasteiger partial charge on any atom is 0.256 e. The summed E-state index contributed by atoms with van der Waals surface area (Å²) in [5.74, 6) is 0.294. The van der Waals surface area contributed by atoms with Crippen LogP contribution in [0.25, 0.3) is 0 Å². The highest BCUT2D eigenvalue weighted by atomic mass is 35.5. The maximum absolute atomic E-state index is 12.8. The summed E-state index contributed by atoms with van der Waals surface area (Å²) in [5, 5.41) is 7.59. The molecule has 140 valence electrons. The van der Waals surface area contributed by atoms with E-state index in [9.17, 15) is 9.59 Å². The first kappa shape index (κ1) is 20.4. The molecule has 2 amide bonds. The number of amides is 2. The third-order valence-electron chi connectivity index (χ3n) is 4.50. The van der Waals surface area contributed by atoms with E-state index >= 15 is 0 Å². The molecule has 0 bridgehead atoms. The van der Waals surface area contributed by atoms with Gasteiger partial charge in [0.1, 0.15) is 0 Å². The van der Waals surface area contributed by atoms with Gasteiger partial charge in [0, 0.05) is 23.3 Å². The van der Waals surface area contributed by atoms with E-state index in [1.54, 1.807) is 35.6 Å². The number of thiophene rings is 1. The molecule has 2 aromatic rings. The molecule has 1 unspecified atom stereocenters. The molecule has 0 saturated heterocycles. The van der Waals surface area contributed by atoms with Gasteiger partial charge in [-0.1, -0.05) is 19.1 Å². The van der Waals surface area contributed by atoms with E-state index in [4.69, 9.17) is 5.73 Å². The number of hydrogen-bond donors (Lipinski definition) is 3. The first-order valence-electron chi connectivity index (χ1n) is 8.58. The van der Waals surface area contributed by atoms with E-state index in [1.165, 1.54) is 10.4 Å². The van der Waals surface area contributed by atoms with E-state index in [0.717, 1.165) is 24.8 Å². The zero-order chi connectivity index (χ0) is 17.8. The first-order chi connectivity index (χ1) is 12.1. The molecule has 1 heterocycles. The summed E-state index contributed by atoms with van der Waals surface area (Å²) >= 11 is 1.66. The van der Waals surface area contributed by atoms with Crippen molar-refractivity contribution in [3.05, 3.63) is 51.2 Å². The summed E-state index contributed by atoms with van der Waals surface area (Å²) in [4.78, 5) is 26.3. The Bertz CT molecular complexity index is 791. The van der Waals surface area contributed by atoms with Crippen molar-refractivity contribution in [3.63, 3.8) is 0 Å². The number of carbonyl (C=O) groups excluding carboxylic acids is 2. The van der Waals surface area contributed by atoms with Crippen LogP contribution in [0, 0.1) is 5.92 Å². The van der Waals surface area contributed by atoms with Gasteiger partial charge >= 0.3 is 0 Å². The molecule has 5 nitrogen and oxygen atoms in total. The number of nitrogens with one attached hydrogen (secondary N) is 2. The fourth-order valence-corrected chi connectivity index (χ4v) is 4.37. The molecular formula is C19H24ClN3O2S. The number of halogens is 1. The molecule has 0 saturated carbocycles. The standard InChI is InChI=1S/C19H23N3O2S.ClH/c1-12-6-7-13-15(11-25-17(13)10-12)19(24)22-16-5-3-2-4-14(16)18(23)21-9-8-20;/h2-5,11-12H,6-10,20H2,1H3,(H,21,23)(H,22,24);1H. The van der Waals surface area contributed by atoms with E-state index in [0.29, 0.717) is 30.3 Å². The summed E-state index contributed by atoms with van der Waals surface area (Å²) in [6, 6.07) is 7.03. The number of hydrogen-bond acceptors (Lipinski definition) is 4. The molecular weight excluding hydrogens is 370 g/mol. The van der Waals surface area contributed by atoms with E-state index in [1.807, 2.05) is 5.38 Å². The lowest BCUT2D eigenvalue weighted by molar-refractivity contribution is 0.0955. The largest absolute Gasteiger partial charge is 0.351 e. The lowest BCUT2D eigenvalue weighted by Gasteiger charge is -2.19. The fraction of sp³-hybridized carbons (Fsp3) is 0.368. The SMILES string of the molecule is CC1CCc2c(C(=O)Nc3ccccc3C(=O)NCCN)csc2C1.Cl. The second kappa shape index (κ2) is 9.16. The van der Waals surface area contributed by atoms with Crippen LogP contribution in [0.2, 0.25) is 0 Å². The number of carbonyl (C=O) groups is 2. The second-order valence-corrected chi connectivity index (χ2v) is 7.41. The van der Waals surface area contributed by atoms with Gasteiger partial charge in [-0.05, 0) is 42.9 Å². The van der Waals surface area contributed by atoms with Gasteiger partial charge in [0.2, 0.25) is 0 Å². The Morgan fingerprint density at radius 1 is 1.23 bits per heavy atom.